The molecule has 0 aromatic heterocycles. The minimum absolute atomic E-state index is 0.0787. The van der Waals surface area contributed by atoms with Crippen LogP contribution in [0.25, 0.3) is 0 Å². The largest absolute Gasteiger partial charge is 0.282 e. The Morgan fingerprint density at radius 3 is 2.29 bits per heavy atom. The number of rotatable bonds is 2. The molecule has 1 unspecified atom stereocenters. The van der Waals surface area contributed by atoms with Gasteiger partial charge < -0.3 is 0 Å². The van der Waals surface area contributed by atoms with E-state index in [0.29, 0.717) is 0 Å². The van der Waals surface area contributed by atoms with Crippen LogP contribution in [0.4, 0.5) is 0 Å². The van der Waals surface area contributed by atoms with Crippen LogP contribution in [0, 0.1) is 5.92 Å². The van der Waals surface area contributed by atoms with Gasteiger partial charge in [0.05, 0.1) is 0 Å². The lowest BCUT2D eigenvalue weighted by molar-refractivity contribution is -0.113. The first-order valence-corrected chi connectivity index (χ1v) is 2.80. The van der Waals surface area contributed by atoms with Gasteiger partial charge in [-0.3, -0.25) is 4.79 Å². The van der Waals surface area contributed by atoms with Crippen LogP contribution in [-0.4, -0.2) is 5.12 Å². The monoisotopic (exact) mass is 117 g/mol. The van der Waals surface area contributed by atoms with E-state index in [-0.39, 0.29) is 11.0 Å². The molecule has 0 spiro atoms. The second kappa shape index (κ2) is 2.97. The fraction of sp³-hybridized carbons (Fsp3) is 0.800. The summed E-state index contributed by atoms with van der Waals surface area (Å²) in [6.45, 7) is 3.80. The molecule has 1 radical (unpaired) electrons. The van der Waals surface area contributed by atoms with Crippen LogP contribution in [0.1, 0.15) is 20.3 Å². The average Bonchev–Trinajstić information content (AvgIpc) is 1.65. The van der Waals surface area contributed by atoms with Crippen LogP contribution in [0.3, 0.4) is 0 Å². The standard InChI is InChI=1S/C5H9OS/c1-3-4(2)5(6)7/h4H,3H2,1-2H3. The molecule has 41 valence electrons. The summed E-state index contributed by atoms with van der Waals surface area (Å²) in [5.41, 5.74) is 0. The summed E-state index contributed by atoms with van der Waals surface area (Å²) in [6.07, 6.45) is 0.863. The highest BCUT2D eigenvalue weighted by atomic mass is 32.1. The highest BCUT2D eigenvalue weighted by Crippen LogP contribution is 2.02. The highest BCUT2D eigenvalue weighted by molar-refractivity contribution is 7.96. The molecule has 7 heavy (non-hydrogen) atoms. The Hall–Kier alpha value is -0.110. The molecule has 1 nitrogen and oxygen atoms in total. The Kier molecular flexibility index (Phi) is 2.92. The molecule has 0 heterocycles. The fourth-order valence-electron chi connectivity index (χ4n) is 0.167. The molecule has 0 saturated carbocycles. The molecule has 0 aliphatic heterocycles. The Morgan fingerprint density at radius 2 is 2.29 bits per heavy atom. The molecule has 0 amide bonds. The van der Waals surface area contributed by atoms with Crippen molar-refractivity contribution in [2.45, 2.75) is 20.3 Å². The number of hydrogen-bond donors (Lipinski definition) is 0. The van der Waals surface area contributed by atoms with Gasteiger partial charge in [0, 0.05) is 5.92 Å². The molecular weight excluding hydrogens is 108 g/mol. The van der Waals surface area contributed by atoms with Gasteiger partial charge in [-0.25, -0.2) is 0 Å². The van der Waals surface area contributed by atoms with Gasteiger partial charge in [0.1, 0.15) is 0 Å². The van der Waals surface area contributed by atoms with Crippen molar-refractivity contribution in [1.29, 1.82) is 0 Å². The summed E-state index contributed by atoms with van der Waals surface area (Å²) >= 11 is 4.36. The molecule has 1 atom stereocenters. The fourth-order valence-corrected chi connectivity index (χ4v) is 0.333. The molecule has 0 aliphatic rings. The predicted molar refractivity (Wildman–Crippen MR) is 32.1 cm³/mol. The predicted octanol–water partition coefficient (Wildman–Crippen LogP) is 1.76. The quantitative estimate of drug-likeness (QED) is 0.538. The summed E-state index contributed by atoms with van der Waals surface area (Å²) in [4.78, 5) is 10.2. The van der Waals surface area contributed by atoms with E-state index in [1.807, 2.05) is 13.8 Å². The maximum absolute atomic E-state index is 10.2. The molecule has 0 saturated heterocycles. The number of carbonyl (C=O) groups excluding carboxylic acids is 1. The van der Waals surface area contributed by atoms with Crippen LogP contribution in [-0.2, 0) is 4.79 Å². The van der Waals surface area contributed by atoms with Crippen molar-refractivity contribution in [2.75, 3.05) is 0 Å². The minimum Gasteiger partial charge on any atom is -0.282 e. The van der Waals surface area contributed by atoms with Gasteiger partial charge in [0.15, 0.2) is 0 Å². The Labute approximate surface area is 49.5 Å². The molecule has 0 bridgehead atoms. The average molecular weight is 117 g/mol. The zero-order chi connectivity index (χ0) is 5.86. The van der Waals surface area contributed by atoms with E-state index in [4.69, 9.17) is 0 Å². The van der Waals surface area contributed by atoms with Crippen molar-refractivity contribution in [1.82, 2.24) is 0 Å². The summed E-state index contributed by atoms with van der Waals surface area (Å²) in [7, 11) is 0. The van der Waals surface area contributed by atoms with Gasteiger partial charge in [-0.05, 0) is 19.0 Å². The third-order valence-corrected chi connectivity index (χ3v) is 1.42. The van der Waals surface area contributed by atoms with Crippen LogP contribution in [0.2, 0.25) is 0 Å². The first-order chi connectivity index (χ1) is 3.18. The second-order valence-electron chi connectivity index (χ2n) is 1.63. The molecule has 2 heteroatoms. The van der Waals surface area contributed by atoms with Gasteiger partial charge in [-0.1, -0.05) is 13.8 Å². The topological polar surface area (TPSA) is 17.1 Å². The summed E-state index contributed by atoms with van der Waals surface area (Å²) < 4.78 is 0. The first kappa shape index (κ1) is 6.89. The van der Waals surface area contributed by atoms with E-state index in [1.165, 1.54) is 0 Å². The van der Waals surface area contributed by atoms with Gasteiger partial charge >= 0.3 is 0 Å². The zero-order valence-corrected chi connectivity index (χ0v) is 5.42. The van der Waals surface area contributed by atoms with Gasteiger partial charge in [0.25, 0.3) is 0 Å². The van der Waals surface area contributed by atoms with Gasteiger partial charge in [-0.15, -0.1) is 0 Å². The molecule has 0 aromatic rings. The molecule has 0 fully saturated rings. The zero-order valence-electron chi connectivity index (χ0n) is 4.60. The van der Waals surface area contributed by atoms with Crippen molar-refractivity contribution >= 4 is 17.7 Å². The van der Waals surface area contributed by atoms with E-state index in [0.717, 1.165) is 6.42 Å². The van der Waals surface area contributed by atoms with Crippen LogP contribution < -0.4 is 0 Å². The lowest BCUT2D eigenvalue weighted by Gasteiger charge is -1.96. The summed E-state index contributed by atoms with van der Waals surface area (Å²) in [5, 5.41) is -0.123. The molecular formula is C5H9OS. The van der Waals surface area contributed by atoms with Gasteiger partial charge in [0.2, 0.25) is 5.12 Å². The molecule has 0 aliphatic carbocycles. The maximum atomic E-state index is 10.2. The van der Waals surface area contributed by atoms with E-state index in [9.17, 15) is 4.79 Å². The summed E-state index contributed by atoms with van der Waals surface area (Å²) in [6, 6.07) is 0. The molecule has 0 N–H and O–H groups in total. The third kappa shape index (κ3) is 2.57. The smallest absolute Gasteiger partial charge is 0.221 e. The Balaban J connectivity index is 3.34. The van der Waals surface area contributed by atoms with Crippen LogP contribution in [0.5, 0.6) is 0 Å². The molecule has 0 aromatic carbocycles. The van der Waals surface area contributed by atoms with Gasteiger partial charge in [-0.2, -0.15) is 0 Å². The van der Waals surface area contributed by atoms with Crippen molar-refractivity contribution in [3.05, 3.63) is 0 Å². The Bertz CT molecular complexity index is 70.5. The van der Waals surface area contributed by atoms with E-state index >= 15 is 0 Å². The number of hydrogen-bond acceptors (Lipinski definition) is 1. The first-order valence-electron chi connectivity index (χ1n) is 2.39. The lowest BCUT2D eigenvalue weighted by atomic mass is 10.1. The molecule has 0 rings (SSSR count). The maximum Gasteiger partial charge on any atom is 0.221 e. The number of carbonyl (C=O) groups is 1. The van der Waals surface area contributed by atoms with Crippen molar-refractivity contribution in [3.8, 4) is 0 Å². The van der Waals surface area contributed by atoms with Crippen molar-refractivity contribution in [2.24, 2.45) is 5.92 Å². The SMILES string of the molecule is CCC(C)C(=O)[S]. The van der Waals surface area contributed by atoms with E-state index < -0.39 is 0 Å². The third-order valence-electron chi connectivity index (χ3n) is 1.01. The van der Waals surface area contributed by atoms with E-state index in [2.05, 4.69) is 12.6 Å². The van der Waals surface area contributed by atoms with E-state index in [1.54, 1.807) is 0 Å². The lowest BCUT2D eigenvalue weighted by Crippen LogP contribution is -2.00. The van der Waals surface area contributed by atoms with Crippen molar-refractivity contribution in [3.63, 3.8) is 0 Å². The van der Waals surface area contributed by atoms with Crippen LogP contribution in [0.15, 0.2) is 0 Å². The Morgan fingerprint density at radius 1 is 1.86 bits per heavy atom. The van der Waals surface area contributed by atoms with Crippen molar-refractivity contribution < 1.29 is 4.79 Å². The normalized spacial score (nSPS) is 13.4. The summed E-state index contributed by atoms with van der Waals surface area (Å²) in [5.74, 6) is 0.0787. The second-order valence-corrected chi connectivity index (χ2v) is 2.03. The highest BCUT2D eigenvalue weighted by Gasteiger charge is 2.04. The minimum atomic E-state index is -0.123. The van der Waals surface area contributed by atoms with Crippen LogP contribution >= 0.6 is 12.6 Å².